The monoisotopic (exact) mass is 258 g/mol. The zero-order valence-electron chi connectivity index (χ0n) is 8.54. The summed E-state index contributed by atoms with van der Waals surface area (Å²) >= 11 is 11.8. The van der Waals surface area contributed by atoms with Crippen LogP contribution in [0.2, 0.25) is 0 Å². The predicted molar refractivity (Wildman–Crippen MR) is 66.0 cm³/mol. The first kappa shape index (κ1) is 11.6. The fraction of sp³-hybridized carbons (Fsp3) is 0.364. The molecule has 0 heterocycles. The highest BCUT2D eigenvalue weighted by Gasteiger charge is 2.51. The molecule has 0 bridgehead atoms. The van der Waals surface area contributed by atoms with E-state index in [4.69, 9.17) is 28.9 Å². The van der Waals surface area contributed by atoms with Gasteiger partial charge in [-0.15, -0.1) is 23.2 Å². The van der Waals surface area contributed by atoms with Crippen LogP contribution in [-0.2, 0) is 0 Å². The topological polar surface area (TPSA) is 55.1 Å². The number of para-hydroxylation sites is 1. The second-order valence-electron chi connectivity index (χ2n) is 3.95. The predicted octanol–water partition coefficient (Wildman–Crippen LogP) is 2.39. The molecule has 1 aliphatic rings. The van der Waals surface area contributed by atoms with Crippen LogP contribution in [0.1, 0.15) is 16.8 Å². The lowest BCUT2D eigenvalue weighted by Crippen LogP contribution is -2.16. The standard InChI is InChI=1S/C11H12Cl2N2O/c12-11(13)5-7(11)6-15-9-4-2-1-3-8(9)10(14)16/h1-4,7,15H,5-6H2,(H2,14,16). The van der Waals surface area contributed by atoms with Gasteiger partial charge in [-0.2, -0.15) is 0 Å². The lowest BCUT2D eigenvalue weighted by atomic mass is 10.1. The molecule has 1 unspecified atom stereocenters. The number of benzene rings is 1. The molecule has 86 valence electrons. The maximum Gasteiger partial charge on any atom is 0.250 e. The Morgan fingerprint density at radius 3 is 2.69 bits per heavy atom. The van der Waals surface area contributed by atoms with Crippen LogP contribution in [0.3, 0.4) is 0 Å². The minimum absolute atomic E-state index is 0.233. The van der Waals surface area contributed by atoms with E-state index in [1.165, 1.54) is 0 Å². The molecule has 0 aliphatic heterocycles. The highest BCUT2D eigenvalue weighted by Crippen LogP contribution is 2.52. The molecule has 1 saturated carbocycles. The van der Waals surface area contributed by atoms with Crippen LogP contribution in [-0.4, -0.2) is 16.8 Å². The summed E-state index contributed by atoms with van der Waals surface area (Å²) in [5.41, 5.74) is 6.47. The van der Waals surface area contributed by atoms with Crippen molar-refractivity contribution < 1.29 is 4.79 Å². The second kappa shape index (κ2) is 4.15. The molecular weight excluding hydrogens is 247 g/mol. The Balaban J connectivity index is 2.02. The van der Waals surface area contributed by atoms with Crippen molar-refractivity contribution in [3.8, 4) is 0 Å². The quantitative estimate of drug-likeness (QED) is 0.816. The molecule has 2 rings (SSSR count). The van der Waals surface area contributed by atoms with Gasteiger partial charge in [-0.25, -0.2) is 0 Å². The van der Waals surface area contributed by atoms with E-state index < -0.39 is 10.2 Å². The summed E-state index contributed by atoms with van der Waals surface area (Å²) in [6.07, 6.45) is 0.780. The molecule has 0 spiro atoms. The van der Waals surface area contributed by atoms with Gasteiger partial charge >= 0.3 is 0 Å². The minimum Gasteiger partial charge on any atom is -0.384 e. The average Bonchev–Trinajstić information content (AvgIpc) is 2.84. The third-order valence-corrected chi connectivity index (χ3v) is 3.61. The molecule has 1 amide bonds. The van der Waals surface area contributed by atoms with E-state index in [2.05, 4.69) is 5.32 Å². The van der Waals surface area contributed by atoms with Gasteiger partial charge in [-0.05, 0) is 18.6 Å². The van der Waals surface area contributed by atoms with Gasteiger partial charge in [0.05, 0.1) is 5.56 Å². The summed E-state index contributed by atoms with van der Waals surface area (Å²) in [6, 6.07) is 7.12. The number of carbonyl (C=O) groups is 1. The molecule has 0 saturated heterocycles. The van der Waals surface area contributed by atoms with Crippen LogP contribution in [0.4, 0.5) is 5.69 Å². The Labute approximate surface area is 104 Å². The summed E-state index contributed by atoms with van der Waals surface area (Å²) in [6.45, 7) is 0.650. The Hall–Kier alpha value is -0.930. The van der Waals surface area contributed by atoms with Crippen molar-refractivity contribution in [3.63, 3.8) is 0 Å². The Morgan fingerprint density at radius 1 is 1.50 bits per heavy atom. The third kappa shape index (κ3) is 2.42. The number of rotatable bonds is 4. The van der Waals surface area contributed by atoms with E-state index in [9.17, 15) is 4.79 Å². The molecular formula is C11H12Cl2N2O. The molecule has 5 heteroatoms. The minimum atomic E-state index is -0.603. The van der Waals surface area contributed by atoms with Crippen LogP contribution in [0.15, 0.2) is 24.3 Å². The first-order valence-electron chi connectivity index (χ1n) is 5.01. The van der Waals surface area contributed by atoms with Crippen LogP contribution < -0.4 is 11.1 Å². The maximum atomic E-state index is 11.1. The van der Waals surface area contributed by atoms with Crippen molar-refractivity contribution in [2.24, 2.45) is 11.7 Å². The van der Waals surface area contributed by atoms with Crippen molar-refractivity contribution in [3.05, 3.63) is 29.8 Å². The molecule has 3 nitrogen and oxygen atoms in total. The molecule has 16 heavy (non-hydrogen) atoms. The van der Waals surface area contributed by atoms with Crippen molar-refractivity contribution in [2.75, 3.05) is 11.9 Å². The number of alkyl halides is 2. The first-order chi connectivity index (χ1) is 7.50. The Bertz CT molecular complexity index is 420. The van der Waals surface area contributed by atoms with Gasteiger partial charge in [-0.1, -0.05) is 12.1 Å². The highest BCUT2D eigenvalue weighted by atomic mass is 35.5. The van der Waals surface area contributed by atoms with Crippen molar-refractivity contribution in [1.82, 2.24) is 0 Å². The number of nitrogens with two attached hydrogens (primary N) is 1. The number of hydrogen-bond donors (Lipinski definition) is 2. The van der Waals surface area contributed by atoms with Crippen LogP contribution in [0.25, 0.3) is 0 Å². The number of halogens is 2. The van der Waals surface area contributed by atoms with Gasteiger partial charge in [0.1, 0.15) is 4.33 Å². The summed E-state index contributed by atoms with van der Waals surface area (Å²) < 4.78 is -0.603. The molecule has 1 fully saturated rings. The number of amides is 1. The zero-order chi connectivity index (χ0) is 11.8. The molecule has 1 atom stereocenters. The van der Waals surface area contributed by atoms with E-state index in [0.717, 1.165) is 12.1 Å². The van der Waals surface area contributed by atoms with Gasteiger partial charge in [0.25, 0.3) is 5.91 Å². The Morgan fingerprint density at radius 2 is 2.12 bits per heavy atom. The number of hydrogen-bond acceptors (Lipinski definition) is 2. The first-order valence-corrected chi connectivity index (χ1v) is 5.77. The van der Waals surface area contributed by atoms with Crippen molar-refractivity contribution in [1.29, 1.82) is 0 Å². The van der Waals surface area contributed by atoms with Gasteiger partial charge in [0.15, 0.2) is 0 Å². The number of anilines is 1. The second-order valence-corrected chi connectivity index (χ2v) is 5.50. The summed E-state index contributed by atoms with van der Waals surface area (Å²) in [5.74, 6) is -0.210. The normalized spacial score (nSPS) is 21.5. The zero-order valence-corrected chi connectivity index (χ0v) is 10.1. The van der Waals surface area contributed by atoms with E-state index in [1.54, 1.807) is 12.1 Å². The number of carbonyl (C=O) groups excluding carboxylic acids is 1. The largest absolute Gasteiger partial charge is 0.384 e. The lowest BCUT2D eigenvalue weighted by Gasteiger charge is -2.09. The fourth-order valence-electron chi connectivity index (χ4n) is 1.58. The van der Waals surface area contributed by atoms with E-state index in [1.807, 2.05) is 12.1 Å². The van der Waals surface area contributed by atoms with E-state index >= 15 is 0 Å². The van der Waals surface area contributed by atoms with Crippen LogP contribution in [0.5, 0.6) is 0 Å². The third-order valence-electron chi connectivity index (χ3n) is 2.69. The van der Waals surface area contributed by atoms with Gasteiger partial charge in [0.2, 0.25) is 0 Å². The average molecular weight is 259 g/mol. The summed E-state index contributed by atoms with van der Waals surface area (Å²) in [7, 11) is 0. The summed E-state index contributed by atoms with van der Waals surface area (Å²) in [4.78, 5) is 11.1. The van der Waals surface area contributed by atoms with Crippen molar-refractivity contribution in [2.45, 2.75) is 10.8 Å². The highest BCUT2D eigenvalue weighted by molar-refractivity contribution is 6.50. The SMILES string of the molecule is NC(=O)c1ccccc1NCC1CC1(Cl)Cl. The maximum absolute atomic E-state index is 11.1. The molecule has 1 aromatic carbocycles. The molecule has 0 aromatic heterocycles. The molecule has 3 N–H and O–H groups in total. The van der Waals surface area contributed by atoms with Gasteiger partial charge < -0.3 is 11.1 Å². The fourth-order valence-corrected chi connectivity index (χ4v) is 2.10. The van der Waals surface area contributed by atoms with Crippen LogP contribution in [0, 0.1) is 5.92 Å². The molecule has 1 aromatic rings. The summed E-state index contributed by atoms with van der Waals surface area (Å²) in [5, 5.41) is 3.14. The smallest absolute Gasteiger partial charge is 0.250 e. The van der Waals surface area contributed by atoms with Gasteiger partial charge in [0, 0.05) is 18.2 Å². The van der Waals surface area contributed by atoms with E-state index in [-0.39, 0.29) is 5.92 Å². The molecule has 0 radical (unpaired) electrons. The van der Waals surface area contributed by atoms with Gasteiger partial charge in [-0.3, -0.25) is 4.79 Å². The van der Waals surface area contributed by atoms with Crippen LogP contribution >= 0.6 is 23.2 Å². The number of nitrogens with one attached hydrogen (secondary N) is 1. The van der Waals surface area contributed by atoms with E-state index in [0.29, 0.717) is 12.1 Å². The Kier molecular flexibility index (Phi) is 3.00. The molecule has 1 aliphatic carbocycles. The number of primary amides is 1. The van der Waals surface area contributed by atoms with Crippen molar-refractivity contribution >= 4 is 34.8 Å². The lowest BCUT2D eigenvalue weighted by molar-refractivity contribution is 0.100.